The van der Waals surface area contributed by atoms with Crippen LogP contribution in [0.15, 0.2) is 22.7 Å². The van der Waals surface area contributed by atoms with Crippen LogP contribution in [0, 0.1) is 0 Å². The molecule has 102 valence electrons. The average molecular weight is 327 g/mol. The van der Waals surface area contributed by atoms with Gasteiger partial charge in [0.1, 0.15) is 0 Å². The van der Waals surface area contributed by atoms with Crippen molar-refractivity contribution in [2.75, 3.05) is 11.9 Å². The molecule has 1 fully saturated rings. The number of esters is 1. The summed E-state index contributed by atoms with van der Waals surface area (Å²) in [5, 5.41) is 5.56. The summed E-state index contributed by atoms with van der Waals surface area (Å²) in [4.78, 5) is 23.1. The molecule has 0 aromatic heterocycles. The Morgan fingerprint density at radius 1 is 1.42 bits per heavy atom. The van der Waals surface area contributed by atoms with Gasteiger partial charge in [-0.25, -0.2) is 9.59 Å². The highest BCUT2D eigenvalue weighted by atomic mass is 79.9. The standard InChI is InChI=1S/C13H15BrN2O3/c1-2-19-12(17)8-3-6-11(10(14)7-8)16-13(18)15-9-4-5-9/h3,6-7,9H,2,4-5H2,1H3,(H2,15,16,18). The van der Waals surface area contributed by atoms with Crippen LogP contribution in [0.2, 0.25) is 0 Å². The summed E-state index contributed by atoms with van der Waals surface area (Å²) in [5.74, 6) is -0.378. The summed E-state index contributed by atoms with van der Waals surface area (Å²) in [6.07, 6.45) is 2.08. The van der Waals surface area contributed by atoms with E-state index in [0.717, 1.165) is 12.8 Å². The lowest BCUT2D eigenvalue weighted by Crippen LogP contribution is -2.30. The number of carbonyl (C=O) groups excluding carboxylic acids is 2. The van der Waals surface area contributed by atoms with E-state index >= 15 is 0 Å². The Morgan fingerprint density at radius 3 is 2.74 bits per heavy atom. The minimum Gasteiger partial charge on any atom is -0.462 e. The summed E-state index contributed by atoms with van der Waals surface area (Å²) < 4.78 is 5.55. The van der Waals surface area contributed by atoms with E-state index < -0.39 is 0 Å². The number of benzene rings is 1. The fraction of sp³-hybridized carbons (Fsp3) is 0.385. The maximum Gasteiger partial charge on any atom is 0.338 e. The molecule has 0 heterocycles. The maximum atomic E-state index is 11.6. The van der Waals surface area contributed by atoms with Crippen molar-refractivity contribution in [2.24, 2.45) is 0 Å². The highest BCUT2D eigenvalue weighted by Crippen LogP contribution is 2.25. The molecule has 0 unspecified atom stereocenters. The van der Waals surface area contributed by atoms with Gasteiger partial charge in [0.25, 0.3) is 0 Å². The summed E-state index contributed by atoms with van der Waals surface area (Å²) in [5.41, 5.74) is 1.06. The zero-order valence-corrected chi connectivity index (χ0v) is 12.1. The summed E-state index contributed by atoms with van der Waals surface area (Å²) in [6.45, 7) is 2.09. The van der Waals surface area contributed by atoms with Crippen LogP contribution in [0.4, 0.5) is 10.5 Å². The Morgan fingerprint density at radius 2 is 2.16 bits per heavy atom. The number of carbonyl (C=O) groups is 2. The van der Waals surface area contributed by atoms with Crippen molar-refractivity contribution in [1.29, 1.82) is 0 Å². The second kappa shape index (κ2) is 6.06. The molecule has 0 aliphatic heterocycles. The lowest BCUT2D eigenvalue weighted by atomic mass is 10.2. The fourth-order valence-electron chi connectivity index (χ4n) is 1.53. The molecule has 1 aromatic carbocycles. The topological polar surface area (TPSA) is 67.4 Å². The van der Waals surface area contributed by atoms with Crippen molar-refractivity contribution < 1.29 is 14.3 Å². The third-order valence-electron chi connectivity index (χ3n) is 2.64. The second-order valence-electron chi connectivity index (χ2n) is 4.29. The van der Waals surface area contributed by atoms with Gasteiger partial charge in [0.05, 0.1) is 17.9 Å². The molecule has 1 aliphatic carbocycles. The molecule has 0 radical (unpaired) electrons. The molecule has 2 rings (SSSR count). The zero-order chi connectivity index (χ0) is 13.8. The van der Waals surface area contributed by atoms with E-state index in [-0.39, 0.29) is 12.0 Å². The van der Waals surface area contributed by atoms with Gasteiger partial charge in [0.15, 0.2) is 0 Å². The Balaban J connectivity index is 2.01. The first-order chi connectivity index (χ1) is 9.10. The lowest BCUT2D eigenvalue weighted by Gasteiger charge is -2.09. The van der Waals surface area contributed by atoms with Crippen LogP contribution in [0.3, 0.4) is 0 Å². The second-order valence-corrected chi connectivity index (χ2v) is 5.14. The lowest BCUT2D eigenvalue weighted by molar-refractivity contribution is 0.0526. The minimum atomic E-state index is -0.378. The van der Waals surface area contributed by atoms with Gasteiger partial charge in [0, 0.05) is 10.5 Å². The molecular formula is C13H15BrN2O3. The minimum absolute atomic E-state index is 0.230. The molecule has 1 saturated carbocycles. The molecule has 0 saturated heterocycles. The van der Waals surface area contributed by atoms with E-state index in [9.17, 15) is 9.59 Å². The van der Waals surface area contributed by atoms with Crippen molar-refractivity contribution in [1.82, 2.24) is 5.32 Å². The monoisotopic (exact) mass is 326 g/mol. The Bertz CT molecular complexity index is 501. The van der Waals surface area contributed by atoms with Crippen molar-refractivity contribution >= 4 is 33.6 Å². The number of nitrogens with one attached hydrogen (secondary N) is 2. The van der Waals surface area contributed by atoms with Gasteiger partial charge in [0.2, 0.25) is 0 Å². The molecule has 0 atom stereocenters. The number of halogens is 1. The van der Waals surface area contributed by atoms with E-state index in [2.05, 4.69) is 26.6 Å². The van der Waals surface area contributed by atoms with E-state index in [1.807, 2.05) is 0 Å². The quantitative estimate of drug-likeness (QED) is 0.836. The molecule has 2 amide bonds. The van der Waals surface area contributed by atoms with Crippen LogP contribution < -0.4 is 10.6 Å². The normalized spacial score (nSPS) is 13.8. The van der Waals surface area contributed by atoms with Crippen molar-refractivity contribution in [3.8, 4) is 0 Å². The van der Waals surface area contributed by atoms with E-state index in [4.69, 9.17) is 4.74 Å². The van der Waals surface area contributed by atoms with Gasteiger partial charge in [-0.15, -0.1) is 0 Å². The SMILES string of the molecule is CCOC(=O)c1ccc(NC(=O)NC2CC2)c(Br)c1. The zero-order valence-electron chi connectivity index (χ0n) is 10.5. The Kier molecular flexibility index (Phi) is 4.42. The number of rotatable bonds is 4. The third kappa shape index (κ3) is 3.96. The number of urea groups is 1. The molecule has 2 N–H and O–H groups in total. The van der Waals surface area contributed by atoms with E-state index in [1.54, 1.807) is 25.1 Å². The Hall–Kier alpha value is -1.56. The Labute approximate surface area is 119 Å². The average Bonchev–Trinajstić information content (AvgIpc) is 3.16. The number of ether oxygens (including phenoxy) is 1. The smallest absolute Gasteiger partial charge is 0.338 e. The number of anilines is 1. The highest BCUT2D eigenvalue weighted by molar-refractivity contribution is 9.10. The number of amides is 2. The van der Waals surface area contributed by atoms with Gasteiger partial charge >= 0.3 is 12.0 Å². The molecule has 19 heavy (non-hydrogen) atoms. The molecule has 0 bridgehead atoms. The van der Waals surface area contributed by atoms with Gasteiger partial charge in [-0.3, -0.25) is 0 Å². The van der Waals surface area contributed by atoms with Crippen LogP contribution >= 0.6 is 15.9 Å². The van der Waals surface area contributed by atoms with Gasteiger partial charge in [-0.05, 0) is 53.9 Å². The highest BCUT2D eigenvalue weighted by Gasteiger charge is 2.23. The van der Waals surface area contributed by atoms with Crippen LogP contribution in [0.1, 0.15) is 30.1 Å². The van der Waals surface area contributed by atoms with Gasteiger partial charge < -0.3 is 15.4 Å². The van der Waals surface area contributed by atoms with Crippen molar-refractivity contribution in [3.63, 3.8) is 0 Å². The predicted molar refractivity (Wildman–Crippen MR) is 75.3 cm³/mol. The van der Waals surface area contributed by atoms with E-state index in [0.29, 0.717) is 28.4 Å². The number of hydrogen-bond donors (Lipinski definition) is 2. The fourth-order valence-corrected chi connectivity index (χ4v) is 2.01. The molecule has 5 nitrogen and oxygen atoms in total. The van der Waals surface area contributed by atoms with Crippen LogP contribution in [0.25, 0.3) is 0 Å². The first-order valence-electron chi connectivity index (χ1n) is 6.14. The van der Waals surface area contributed by atoms with Gasteiger partial charge in [-0.1, -0.05) is 0 Å². The van der Waals surface area contributed by atoms with Crippen LogP contribution in [-0.2, 0) is 4.74 Å². The molecule has 1 aliphatic rings. The summed E-state index contributed by atoms with van der Waals surface area (Å²) in [6, 6.07) is 4.99. The summed E-state index contributed by atoms with van der Waals surface area (Å²) in [7, 11) is 0. The van der Waals surface area contributed by atoms with Crippen molar-refractivity contribution in [2.45, 2.75) is 25.8 Å². The van der Waals surface area contributed by atoms with Crippen LogP contribution in [0.5, 0.6) is 0 Å². The van der Waals surface area contributed by atoms with Gasteiger partial charge in [-0.2, -0.15) is 0 Å². The van der Waals surface area contributed by atoms with Crippen molar-refractivity contribution in [3.05, 3.63) is 28.2 Å². The third-order valence-corrected chi connectivity index (χ3v) is 3.30. The molecular weight excluding hydrogens is 312 g/mol. The summed E-state index contributed by atoms with van der Waals surface area (Å²) >= 11 is 3.33. The first kappa shape index (κ1) is 13.9. The molecule has 6 heteroatoms. The molecule has 0 spiro atoms. The molecule has 1 aromatic rings. The van der Waals surface area contributed by atoms with Crippen LogP contribution in [-0.4, -0.2) is 24.6 Å². The first-order valence-corrected chi connectivity index (χ1v) is 6.93. The maximum absolute atomic E-state index is 11.6. The largest absolute Gasteiger partial charge is 0.462 e. The predicted octanol–water partition coefficient (Wildman–Crippen LogP) is 2.91. The number of hydrogen-bond acceptors (Lipinski definition) is 3. The van der Waals surface area contributed by atoms with E-state index in [1.165, 1.54) is 0 Å².